The van der Waals surface area contributed by atoms with Crippen molar-refractivity contribution in [2.45, 2.75) is 90.9 Å². The van der Waals surface area contributed by atoms with Gasteiger partial charge < -0.3 is 4.90 Å². The van der Waals surface area contributed by atoms with Crippen LogP contribution in [0.25, 0.3) is 0 Å². The number of aliphatic imine (C=N–C) groups is 1. The summed E-state index contributed by atoms with van der Waals surface area (Å²) < 4.78 is 0. The molecule has 0 saturated carbocycles. The van der Waals surface area contributed by atoms with Crippen LogP contribution in [0.3, 0.4) is 0 Å². The lowest BCUT2D eigenvalue weighted by atomic mass is 10.1. The molecule has 0 aromatic carbocycles. The summed E-state index contributed by atoms with van der Waals surface area (Å²) in [6.07, 6.45) is 15.0. The number of hydrogen-bond acceptors (Lipinski definition) is 2. The lowest BCUT2D eigenvalue weighted by Gasteiger charge is -2.24. The first-order valence-electron chi connectivity index (χ1n) is 9.51. The van der Waals surface area contributed by atoms with Gasteiger partial charge in [-0.2, -0.15) is 0 Å². The molecule has 1 heterocycles. The highest BCUT2D eigenvalue weighted by atomic mass is 16.2. The van der Waals surface area contributed by atoms with Crippen LogP contribution >= 0.6 is 0 Å². The summed E-state index contributed by atoms with van der Waals surface area (Å²) in [5, 5.41) is 0. The smallest absolute Gasteiger partial charge is 0.228 e. The van der Waals surface area contributed by atoms with E-state index < -0.39 is 0 Å². The number of carbonyl (C=O) groups is 1. The first-order chi connectivity index (χ1) is 10.7. The van der Waals surface area contributed by atoms with Gasteiger partial charge in [-0.05, 0) is 19.8 Å². The Morgan fingerprint density at radius 2 is 1.55 bits per heavy atom. The first-order valence-corrected chi connectivity index (χ1v) is 9.51. The fourth-order valence-corrected chi connectivity index (χ4v) is 3.07. The van der Waals surface area contributed by atoms with Gasteiger partial charge in [-0.1, -0.05) is 64.7 Å². The van der Waals surface area contributed by atoms with Crippen LogP contribution in [-0.2, 0) is 4.79 Å². The number of nitrogens with zero attached hydrogens (tertiary/aromatic N) is 2. The van der Waals surface area contributed by atoms with Gasteiger partial charge in [0.15, 0.2) is 0 Å². The van der Waals surface area contributed by atoms with Crippen LogP contribution in [-0.4, -0.2) is 36.2 Å². The molecule has 128 valence electrons. The van der Waals surface area contributed by atoms with Crippen LogP contribution in [0, 0.1) is 0 Å². The molecule has 22 heavy (non-hydrogen) atoms. The minimum absolute atomic E-state index is 0.275. The summed E-state index contributed by atoms with van der Waals surface area (Å²) in [5.41, 5.74) is 0.998. The second kappa shape index (κ2) is 12.7. The quantitative estimate of drug-likeness (QED) is 0.495. The topological polar surface area (TPSA) is 32.7 Å². The van der Waals surface area contributed by atoms with Gasteiger partial charge in [-0.3, -0.25) is 9.79 Å². The largest absolute Gasteiger partial charge is 0.342 e. The third kappa shape index (κ3) is 9.22. The zero-order valence-corrected chi connectivity index (χ0v) is 14.9. The fraction of sp³-hybridized carbons (Fsp3) is 0.895. The summed E-state index contributed by atoms with van der Waals surface area (Å²) in [6.45, 7) is 6.97. The Hall–Kier alpha value is -0.860. The van der Waals surface area contributed by atoms with E-state index in [1.54, 1.807) is 0 Å². The molecule has 0 aromatic heterocycles. The summed E-state index contributed by atoms with van der Waals surface area (Å²) in [4.78, 5) is 18.6. The van der Waals surface area contributed by atoms with Crippen molar-refractivity contribution in [3.63, 3.8) is 0 Å². The molecule has 1 aliphatic heterocycles. The molecule has 1 amide bonds. The monoisotopic (exact) mass is 308 g/mol. The van der Waals surface area contributed by atoms with E-state index in [0.29, 0.717) is 6.42 Å². The predicted molar refractivity (Wildman–Crippen MR) is 95.6 cm³/mol. The Balaban J connectivity index is 1.99. The van der Waals surface area contributed by atoms with Gasteiger partial charge in [0.1, 0.15) is 0 Å². The Kier molecular flexibility index (Phi) is 11.0. The number of hydrogen-bond donors (Lipinski definition) is 0. The Labute approximate surface area is 137 Å². The number of carbonyl (C=O) groups excluding carboxylic acids is 1. The van der Waals surface area contributed by atoms with Crippen LogP contribution in [0.1, 0.15) is 90.9 Å². The third-order valence-electron chi connectivity index (χ3n) is 4.51. The maximum Gasteiger partial charge on any atom is 0.228 e. The molecule has 3 heteroatoms. The van der Waals surface area contributed by atoms with E-state index in [0.717, 1.165) is 38.2 Å². The second-order valence-corrected chi connectivity index (χ2v) is 6.71. The zero-order valence-electron chi connectivity index (χ0n) is 14.9. The highest BCUT2D eigenvalue weighted by Crippen LogP contribution is 2.11. The van der Waals surface area contributed by atoms with Crippen molar-refractivity contribution >= 4 is 11.6 Å². The van der Waals surface area contributed by atoms with Crippen molar-refractivity contribution in [2.75, 3.05) is 19.6 Å². The van der Waals surface area contributed by atoms with Crippen LogP contribution in [0.4, 0.5) is 0 Å². The molecule has 0 saturated heterocycles. The maximum absolute atomic E-state index is 12.1. The number of rotatable bonds is 11. The van der Waals surface area contributed by atoms with E-state index in [-0.39, 0.29) is 5.91 Å². The van der Waals surface area contributed by atoms with E-state index in [1.807, 2.05) is 6.92 Å². The minimum atomic E-state index is 0.275. The van der Waals surface area contributed by atoms with Gasteiger partial charge >= 0.3 is 0 Å². The number of unbranched alkanes of at least 4 members (excludes halogenated alkanes) is 9. The van der Waals surface area contributed by atoms with Crippen LogP contribution < -0.4 is 0 Å². The lowest BCUT2D eigenvalue weighted by Crippen LogP contribution is -2.35. The average molecular weight is 309 g/mol. The molecule has 0 spiro atoms. The summed E-state index contributed by atoms with van der Waals surface area (Å²) in [6, 6.07) is 0. The standard InChI is InChI=1S/C19H36N2O/c1-3-4-5-6-7-8-9-10-11-12-15-21-16-13-14-20-18(2)17-19(21)22/h3-17H2,1-2H3/b20-18-. The zero-order chi connectivity index (χ0) is 16.0. The molecule has 0 aromatic rings. The molecule has 0 atom stereocenters. The average Bonchev–Trinajstić information content (AvgIpc) is 2.49. The van der Waals surface area contributed by atoms with E-state index in [1.165, 1.54) is 57.8 Å². The van der Waals surface area contributed by atoms with Crippen molar-refractivity contribution in [3.05, 3.63) is 0 Å². The van der Waals surface area contributed by atoms with E-state index in [9.17, 15) is 4.79 Å². The highest BCUT2D eigenvalue weighted by molar-refractivity contribution is 5.99. The maximum atomic E-state index is 12.1. The molecule has 0 fully saturated rings. The van der Waals surface area contributed by atoms with Gasteiger partial charge in [0.05, 0.1) is 6.42 Å². The third-order valence-corrected chi connectivity index (χ3v) is 4.51. The van der Waals surface area contributed by atoms with Crippen molar-refractivity contribution in [2.24, 2.45) is 4.99 Å². The van der Waals surface area contributed by atoms with E-state index >= 15 is 0 Å². The molecule has 0 unspecified atom stereocenters. The van der Waals surface area contributed by atoms with Crippen LogP contribution in [0.15, 0.2) is 4.99 Å². The SMILES string of the molecule is CCCCCCCCCCCCN1CCC/N=C(/C)CC1=O. The molecule has 0 radical (unpaired) electrons. The van der Waals surface area contributed by atoms with Gasteiger partial charge in [-0.25, -0.2) is 0 Å². The van der Waals surface area contributed by atoms with Gasteiger partial charge in [0.25, 0.3) is 0 Å². The van der Waals surface area contributed by atoms with E-state index in [4.69, 9.17) is 0 Å². The molecule has 3 nitrogen and oxygen atoms in total. The molecule has 0 bridgehead atoms. The molecule has 0 N–H and O–H groups in total. The summed E-state index contributed by atoms with van der Waals surface area (Å²) >= 11 is 0. The fourth-order valence-electron chi connectivity index (χ4n) is 3.07. The molecule has 1 aliphatic rings. The lowest BCUT2D eigenvalue weighted by molar-refractivity contribution is -0.130. The normalized spacial score (nSPS) is 18.7. The van der Waals surface area contributed by atoms with Crippen LogP contribution in [0.5, 0.6) is 0 Å². The first kappa shape index (κ1) is 19.2. The van der Waals surface area contributed by atoms with Crippen molar-refractivity contribution in [1.29, 1.82) is 0 Å². The summed E-state index contributed by atoms with van der Waals surface area (Å²) in [5.74, 6) is 0.275. The van der Waals surface area contributed by atoms with Gasteiger partial charge in [0, 0.05) is 25.3 Å². The minimum Gasteiger partial charge on any atom is -0.342 e. The second-order valence-electron chi connectivity index (χ2n) is 6.71. The van der Waals surface area contributed by atoms with E-state index in [2.05, 4.69) is 16.8 Å². The molecule has 1 rings (SSSR count). The summed E-state index contributed by atoms with van der Waals surface area (Å²) in [7, 11) is 0. The predicted octanol–water partition coefficient (Wildman–Crippen LogP) is 4.99. The van der Waals surface area contributed by atoms with Gasteiger partial charge in [0.2, 0.25) is 5.91 Å². The van der Waals surface area contributed by atoms with Crippen molar-refractivity contribution in [1.82, 2.24) is 4.90 Å². The molecule has 0 aliphatic carbocycles. The van der Waals surface area contributed by atoms with Gasteiger partial charge in [-0.15, -0.1) is 0 Å². The Morgan fingerprint density at radius 1 is 0.955 bits per heavy atom. The van der Waals surface area contributed by atoms with Crippen molar-refractivity contribution < 1.29 is 4.79 Å². The van der Waals surface area contributed by atoms with Crippen molar-refractivity contribution in [3.8, 4) is 0 Å². The molecular formula is C19H36N2O. The Morgan fingerprint density at radius 3 is 2.18 bits per heavy atom. The van der Waals surface area contributed by atoms with Crippen LogP contribution in [0.2, 0.25) is 0 Å². The number of amides is 1. The highest BCUT2D eigenvalue weighted by Gasteiger charge is 2.15. The Bertz CT molecular complexity index is 325. The molecular weight excluding hydrogens is 272 g/mol.